The summed E-state index contributed by atoms with van der Waals surface area (Å²) >= 11 is 0. The van der Waals surface area contributed by atoms with Crippen LogP contribution in [0.1, 0.15) is 35.4 Å². The molecule has 0 aromatic carbocycles. The van der Waals surface area contributed by atoms with E-state index in [1.807, 2.05) is 32.0 Å². The Hall–Kier alpha value is -2.65. The van der Waals surface area contributed by atoms with Gasteiger partial charge in [-0.3, -0.25) is 0 Å². The molecule has 4 atom stereocenters. The first kappa shape index (κ1) is 20.3. The second-order valence-corrected chi connectivity index (χ2v) is 9.64. The number of piperidine rings is 2. The Bertz CT molecular complexity index is 995. The number of anilines is 2. The summed E-state index contributed by atoms with van der Waals surface area (Å²) in [6.45, 7) is 8.75. The van der Waals surface area contributed by atoms with Crippen molar-refractivity contribution < 1.29 is 5.11 Å². The normalized spacial score (nSPS) is 27.2. The third-order valence-corrected chi connectivity index (χ3v) is 7.41. The van der Waals surface area contributed by atoms with Gasteiger partial charge in [-0.15, -0.1) is 0 Å². The maximum atomic E-state index is 9.07. The quantitative estimate of drug-likeness (QED) is 0.823. The number of hydrogen-bond acceptors (Lipinski definition) is 6. The van der Waals surface area contributed by atoms with Crippen LogP contribution in [-0.4, -0.2) is 41.3 Å². The van der Waals surface area contributed by atoms with E-state index in [9.17, 15) is 0 Å². The molecule has 0 bridgehead atoms. The molecule has 0 radical (unpaired) electrons. The highest BCUT2D eigenvalue weighted by atomic mass is 16.3. The van der Waals surface area contributed by atoms with E-state index in [0.717, 1.165) is 57.8 Å². The standard InChI is InChI=1S/C13H15N3.C12H16N2O/c1-9-10(4-5-14)2-3-13(15-9)16-7-11-6-12(11)8-16;1-8-9(7-15)2-3-12(13-8)14-5-10-4-11(10)6-14/h2-3,11-12H,4,6-8H2,1H3;2-3,10-11,15H,4-7H2,1H3. The molecule has 2 aliphatic carbocycles. The van der Waals surface area contributed by atoms with Gasteiger partial charge in [-0.05, 0) is 73.6 Å². The molecule has 2 aliphatic heterocycles. The highest BCUT2D eigenvalue weighted by Crippen LogP contribution is 2.46. The van der Waals surface area contributed by atoms with E-state index < -0.39 is 0 Å². The van der Waals surface area contributed by atoms with E-state index in [1.165, 1.54) is 39.0 Å². The topological polar surface area (TPSA) is 76.3 Å². The molecule has 0 amide bonds. The van der Waals surface area contributed by atoms with Crippen molar-refractivity contribution in [1.29, 1.82) is 5.26 Å². The fourth-order valence-corrected chi connectivity index (χ4v) is 5.12. The predicted octanol–water partition coefficient (Wildman–Crippen LogP) is 3.25. The number of aromatic nitrogens is 2. The molecule has 31 heavy (non-hydrogen) atoms. The molecule has 4 aliphatic rings. The average Bonchev–Trinajstić information content (AvgIpc) is 3.61. The Labute approximate surface area is 184 Å². The van der Waals surface area contributed by atoms with Gasteiger partial charge in [0.05, 0.1) is 19.1 Å². The first-order valence-corrected chi connectivity index (χ1v) is 11.5. The molecule has 2 saturated carbocycles. The van der Waals surface area contributed by atoms with Gasteiger partial charge in [-0.2, -0.15) is 5.26 Å². The van der Waals surface area contributed by atoms with Crippen LogP contribution in [0.25, 0.3) is 0 Å². The van der Waals surface area contributed by atoms with Crippen LogP contribution >= 0.6 is 0 Å². The van der Waals surface area contributed by atoms with E-state index in [1.54, 1.807) is 0 Å². The van der Waals surface area contributed by atoms with Crippen molar-refractivity contribution in [2.45, 2.75) is 39.7 Å². The molecule has 1 N–H and O–H groups in total. The van der Waals surface area contributed by atoms with E-state index in [0.29, 0.717) is 6.42 Å². The Kier molecular flexibility index (Phi) is 5.31. The van der Waals surface area contributed by atoms with E-state index in [4.69, 9.17) is 10.4 Å². The summed E-state index contributed by atoms with van der Waals surface area (Å²) in [5.74, 6) is 5.90. The number of aliphatic hydroxyl groups excluding tert-OH is 1. The molecule has 0 spiro atoms. The largest absolute Gasteiger partial charge is 0.392 e. The fraction of sp³-hybridized carbons (Fsp3) is 0.560. The van der Waals surface area contributed by atoms with Crippen LogP contribution in [0.2, 0.25) is 0 Å². The van der Waals surface area contributed by atoms with Crippen molar-refractivity contribution in [2.75, 3.05) is 36.0 Å². The molecule has 2 saturated heterocycles. The van der Waals surface area contributed by atoms with Gasteiger partial charge in [0.2, 0.25) is 0 Å². The van der Waals surface area contributed by atoms with Crippen molar-refractivity contribution in [3.63, 3.8) is 0 Å². The number of fused-ring (bicyclic) bond motifs is 2. The zero-order valence-corrected chi connectivity index (χ0v) is 18.5. The average molecular weight is 418 g/mol. The third kappa shape index (κ3) is 4.24. The van der Waals surface area contributed by atoms with Gasteiger partial charge in [-0.1, -0.05) is 12.1 Å². The summed E-state index contributed by atoms with van der Waals surface area (Å²) in [5, 5.41) is 17.7. The zero-order chi connectivity index (χ0) is 21.5. The second-order valence-electron chi connectivity index (χ2n) is 9.64. The molecule has 4 heterocycles. The van der Waals surface area contributed by atoms with Crippen LogP contribution in [-0.2, 0) is 13.0 Å². The number of rotatable bonds is 4. The van der Waals surface area contributed by atoms with Gasteiger partial charge in [0.15, 0.2) is 0 Å². The smallest absolute Gasteiger partial charge is 0.128 e. The first-order chi connectivity index (χ1) is 15.1. The Morgan fingerprint density at radius 3 is 1.68 bits per heavy atom. The third-order valence-electron chi connectivity index (χ3n) is 7.41. The first-order valence-electron chi connectivity index (χ1n) is 11.5. The Morgan fingerprint density at radius 2 is 1.29 bits per heavy atom. The monoisotopic (exact) mass is 417 g/mol. The van der Waals surface area contributed by atoms with Gasteiger partial charge in [-0.25, -0.2) is 9.97 Å². The van der Waals surface area contributed by atoms with Crippen molar-refractivity contribution in [1.82, 2.24) is 9.97 Å². The van der Waals surface area contributed by atoms with Crippen LogP contribution in [0.3, 0.4) is 0 Å². The maximum absolute atomic E-state index is 9.07. The number of aryl methyl sites for hydroxylation is 2. The minimum atomic E-state index is 0.0877. The van der Waals surface area contributed by atoms with Crippen molar-refractivity contribution in [2.24, 2.45) is 23.7 Å². The van der Waals surface area contributed by atoms with Gasteiger partial charge in [0.1, 0.15) is 11.6 Å². The molecular formula is C25H31N5O. The van der Waals surface area contributed by atoms with Crippen LogP contribution in [0, 0.1) is 48.9 Å². The summed E-state index contributed by atoms with van der Waals surface area (Å²) in [4.78, 5) is 13.9. The lowest BCUT2D eigenvalue weighted by Crippen LogP contribution is -2.23. The van der Waals surface area contributed by atoms with Crippen molar-refractivity contribution in [3.8, 4) is 6.07 Å². The molecule has 6 rings (SSSR count). The molecule has 4 fully saturated rings. The minimum absolute atomic E-state index is 0.0877. The molecule has 4 unspecified atom stereocenters. The number of nitrogens with zero attached hydrogens (tertiary/aromatic N) is 5. The van der Waals surface area contributed by atoms with E-state index >= 15 is 0 Å². The Morgan fingerprint density at radius 1 is 0.839 bits per heavy atom. The number of pyridine rings is 2. The molecule has 6 nitrogen and oxygen atoms in total. The van der Waals surface area contributed by atoms with Crippen molar-refractivity contribution >= 4 is 11.6 Å². The summed E-state index contributed by atoms with van der Waals surface area (Å²) in [5.41, 5.74) is 3.94. The number of aliphatic hydroxyl groups is 1. The van der Waals surface area contributed by atoms with Gasteiger partial charge in [0, 0.05) is 37.6 Å². The van der Waals surface area contributed by atoms with Gasteiger partial charge < -0.3 is 14.9 Å². The second kappa shape index (κ2) is 8.12. The lowest BCUT2D eigenvalue weighted by atomic mass is 10.1. The predicted molar refractivity (Wildman–Crippen MR) is 121 cm³/mol. The lowest BCUT2D eigenvalue weighted by molar-refractivity contribution is 0.280. The SMILES string of the molecule is Cc1nc(N2CC3CC3C2)ccc1CC#N.Cc1nc(N2CC3CC3C2)ccc1CO. The van der Waals surface area contributed by atoms with Gasteiger partial charge >= 0.3 is 0 Å². The van der Waals surface area contributed by atoms with Crippen LogP contribution < -0.4 is 9.80 Å². The van der Waals surface area contributed by atoms with E-state index in [-0.39, 0.29) is 6.61 Å². The molecule has 2 aromatic rings. The molecular weight excluding hydrogens is 386 g/mol. The van der Waals surface area contributed by atoms with Crippen LogP contribution in [0.5, 0.6) is 0 Å². The van der Waals surface area contributed by atoms with E-state index in [2.05, 4.69) is 31.9 Å². The molecule has 6 heteroatoms. The molecule has 2 aromatic heterocycles. The highest BCUT2D eigenvalue weighted by Gasteiger charge is 2.46. The zero-order valence-electron chi connectivity index (χ0n) is 18.5. The van der Waals surface area contributed by atoms with Gasteiger partial charge in [0.25, 0.3) is 0 Å². The van der Waals surface area contributed by atoms with Crippen molar-refractivity contribution in [3.05, 3.63) is 46.8 Å². The summed E-state index contributed by atoms with van der Waals surface area (Å²) in [6, 6.07) is 10.3. The fourth-order valence-electron chi connectivity index (χ4n) is 5.12. The maximum Gasteiger partial charge on any atom is 0.128 e. The minimum Gasteiger partial charge on any atom is -0.392 e. The van der Waals surface area contributed by atoms with Crippen LogP contribution in [0.15, 0.2) is 24.3 Å². The summed E-state index contributed by atoms with van der Waals surface area (Å²) in [6.07, 6.45) is 3.30. The number of nitriles is 1. The Balaban J connectivity index is 0.000000132. The molecule has 162 valence electrons. The lowest BCUT2D eigenvalue weighted by Gasteiger charge is -2.19. The highest BCUT2D eigenvalue weighted by molar-refractivity contribution is 5.45. The summed E-state index contributed by atoms with van der Waals surface area (Å²) in [7, 11) is 0. The number of hydrogen-bond donors (Lipinski definition) is 1. The summed E-state index contributed by atoms with van der Waals surface area (Å²) < 4.78 is 0. The van der Waals surface area contributed by atoms with Crippen LogP contribution in [0.4, 0.5) is 11.6 Å².